The number of rotatable bonds is 0. The van der Waals surface area contributed by atoms with Gasteiger partial charge in [-0.05, 0) is 49.2 Å². The van der Waals surface area contributed by atoms with E-state index >= 15 is 0 Å². The number of hydrogen-bond acceptors (Lipinski definition) is 2. The zero-order valence-electron chi connectivity index (χ0n) is 10.9. The Balaban J connectivity index is 2.07. The summed E-state index contributed by atoms with van der Waals surface area (Å²) in [6, 6.07) is 0. The fraction of sp³-hybridized carbons (Fsp3) is 0.733. The number of carbonyl (C=O) groups excluding carboxylic acids is 2. The number of carbonyl (C=O) groups is 2. The van der Waals surface area contributed by atoms with Crippen LogP contribution in [0.2, 0.25) is 0 Å². The summed E-state index contributed by atoms with van der Waals surface area (Å²) in [5, 5.41) is 0. The summed E-state index contributed by atoms with van der Waals surface area (Å²) in [5.41, 5.74) is 1.11. The van der Waals surface area contributed by atoms with Crippen molar-refractivity contribution in [1.82, 2.24) is 0 Å². The molecule has 0 N–H and O–H groups in total. The van der Waals surface area contributed by atoms with Crippen molar-refractivity contribution < 1.29 is 9.59 Å². The van der Waals surface area contributed by atoms with E-state index in [4.69, 9.17) is 0 Å². The van der Waals surface area contributed by atoms with Crippen LogP contribution in [0.15, 0.2) is 11.6 Å². The molecule has 2 saturated carbocycles. The third kappa shape index (κ3) is 1.39. The molecule has 0 aliphatic heterocycles. The number of hydrogen-bond donors (Lipinski definition) is 0. The van der Waals surface area contributed by atoms with Gasteiger partial charge in [-0.1, -0.05) is 13.8 Å². The highest BCUT2D eigenvalue weighted by Gasteiger charge is 2.59. The van der Waals surface area contributed by atoms with E-state index < -0.39 is 0 Å². The zero-order valence-corrected chi connectivity index (χ0v) is 10.9. The van der Waals surface area contributed by atoms with Crippen molar-refractivity contribution >= 4 is 11.6 Å². The second-order valence-corrected chi connectivity index (χ2v) is 7.05. The smallest absolute Gasteiger partial charge is 0.155 e. The first-order chi connectivity index (χ1) is 7.83. The summed E-state index contributed by atoms with van der Waals surface area (Å²) >= 11 is 0. The first-order valence-electron chi connectivity index (χ1n) is 6.63. The summed E-state index contributed by atoms with van der Waals surface area (Å²) in [4.78, 5) is 24.2. The lowest BCUT2D eigenvalue weighted by atomic mass is 9.71. The summed E-state index contributed by atoms with van der Waals surface area (Å²) in [6.07, 6.45) is 5.15. The monoisotopic (exact) mass is 232 g/mol. The van der Waals surface area contributed by atoms with Gasteiger partial charge in [0.2, 0.25) is 0 Å². The van der Waals surface area contributed by atoms with Crippen LogP contribution in [0.1, 0.15) is 46.5 Å². The van der Waals surface area contributed by atoms with E-state index in [9.17, 15) is 9.59 Å². The van der Waals surface area contributed by atoms with Crippen molar-refractivity contribution in [3.05, 3.63) is 11.6 Å². The Kier molecular flexibility index (Phi) is 2.04. The van der Waals surface area contributed by atoms with Gasteiger partial charge >= 0.3 is 0 Å². The average molecular weight is 232 g/mol. The first-order valence-corrected chi connectivity index (χ1v) is 6.63. The average Bonchev–Trinajstić information content (AvgIpc) is 2.64. The van der Waals surface area contributed by atoms with Crippen LogP contribution in [0, 0.1) is 22.7 Å². The molecule has 0 spiro atoms. The standard InChI is InChI=1S/C15H20O2/c1-14(2)7-10-11(8-14)13(17)15(3)5-4-9(16)6-12(10)15/h6,10-11H,4-5,7-8H2,1-3H3/t10-,11+,15+/m1/s1. The van der Waals surface area contributed by atoms with Crippen LogP contribution >= 0.6 is 0 Å². The molecule has 0 unspecified atom stereocenters. The second-order valence-electron chi connectivity index (χ2n) is 7.05. The Morgan fingerprint density at radius 2 is 1.76 bits per heavy atom. The van der Waals surface area contributed by atoms with E-state index in [1.807, 2.05) is 0 Å². The van der Waals surface area contributed by atoms with Crippen molar-refractivity contribution in [3.8, 4) is 0 Å². The van der Waals surface area contributed by atoms with Gasteiger partial charge in [-0.3, -0.25) is 9.59 Å². The SMILES string of the molecule is CC1(C)C[C@@H]2C(=O)[C@@]3(C)CCC(=O)C=C3[C@@H]2C1. The predicted molar refractivity (Wildman–Crippen MR) is 65.4 cm³/mol. The predicted octanol–water partition coefficient (Wildman–Crippen LogP) is 2.92. The van der Waals surface area contributed by atoms with Crippen LogP contribution in [0.4, 0.5) is 0 Å². The largest absolute Gasteiger partial charge is 0.298 e. The third-order valence-electron chi connectivity index (χ3n) is 5.14. The lowest BCUT2D eigenvalue weighted by molar-refractivity contribution is -0.128. The van der Waals surface area contributed by atoms with Crippen molar-refractivity contribution in [2.45, 2.75) is 46.5 Å². The molecule has 0 saturated heterocycles. The Bertz CT molecular complexity index is 444. The molecule has 17 heavy (non-hydrogen) atoms. The highest BCUT2D eigenvalue weighted by molar-refractivity contribution is 6.01. The summed E-state index contributed by atoms with van der Waals surface area (Å²) in [7, 11) is 0. The van der Waals surface area contributed by atoms with E-state index in [1.165, 1.54) is 0 Å². The number of allylic oxidation sites excluding steroid dienone is 2. The maximum atomic E-state index is 12.6. The fourth-order valence-corrected chi connectivity index (χ4v) is 4.27. The second kappa shape index (κ2) is 3.09. The molecule has 3 rings (SSSR count). The Morgan fingerprint density at radius 1 is 1.12 bits per heavy atom. The van der Waals surface area contributed by atoms with Crippen LogP contribution in [0.5, 0.6) is 0 Å². The minimum absolute atomic E-state index is 0.187. The molecule has 0 bridgehead atoms. The molecule has 2 fully saturated rings. The minimum atomic E-state index is -0.306. The van der Waals surface area contributed by atoms with Crippen LogP contribution in [-0.2, 0) is 9.59 Å². The van der Waals surface area contributed by atoms with Gasteiger partial charge in [-0.25, -0.2) is 0 Å². The van der Waals surface area contributed by atoms with Gasteiger partial charge in [-0.2, -0.15) is 0 Å². The Morgan fingerprint density at radius 3 is 2.47 bits per heavy atom. The van der Waals surface area contributed by atoms with Gasteiger partial charge in [0.25, 0.3) is 0 Å². The van der Waals surface area contributed by atoms with E-state index in [0.717, 1.165) is 24.8 Å². The zero-order chi connectivity index (χ0) is 12.4. The van der Waals surface area contributed by atoms with Gasteiger partial charge in [0.15, 0.2) is 5.78 Å². The van der Waals surface area contributed by atoms with Crippen molar-refractivity contribution in [2.75, 3.05) is 0 Å². The maximum absolute atomic E-state index is 12.6. The summed E-state index contributed by atoms with van der Waals surface area (Å²) in [6.45, 7) is 6.53. The van der Waals surface area contributed by atoms with E-state index in [-0.39, 0.29) is 22.5 Å². The number of fused-ring (bicyclic) bond motifs is 3. The normalized spacial score (nSPS) is 43.4. The van der Waals surface area contributed by atoms with Crippen LogP contribution in [0.25, 0.3) is 0 Å². The molecule has 92 valence electrons. The minimum Gasteiger partial charge on any atom is -0.298 e. The fourth-order valence-electron chi connectivity index (χ4n) is 4.27. The van der Waals surface area contributed by atoms with Crippen LogP contribution in [-0.4, -0.2) is 11.6 Å². The van der Waals surface area contributed by atoms with E-state index in [2.05, 4.69) is 20.8 Å². The summed E-state index contributed by atoms with van der Waals surface area (Å²) < 4.78 is 0. The van der Waals surface area contributed by atoms with E-state index in [1.54, 1.807) is 6.08 Å². The molecule has 3 aliphatic rings. The van der Waals surface area contributed by atoms with Crippen LogP contribution in [0.3, 0.4) is 0 Å². The highest BCUT2D eigenvalue weighted by Crippen LogP contribution is 2.61. The van der Waals surface area contributed by atoms with Gasteiger partial charge < -0.3 is 0 Å². The van der Waals surface area contributed by atoms with Crippen molar-refractivity contribution in [2.24, 2.45) is 22.7 Å². The maximum Gasteiger partial charge on any atom is 0.155 e. The highest BCUT2D eigenvalue weighted by atomic mass is 16.1. The van der Waals surface area contributed by atoms with Crippen LogP contribution < -0.4 is 0 Å². The van der Waals surface area contributed by atoms with E-state index in [0.29, 0.717) is 18.1 Å². The van der Waals surface area contributed by atoms with Gasteiger partial charge in [0.05, 0.1) is 0 Å². The van der Waals surface area contributed by atoms with Gasteiger partial charge in [0.1, 0.15) is 5.78 Å². The molecule has 0 aromatic heterocycles. The topological polar surface area (TPSA) is 34.1 Å². The Labute approximate surface area is 102 Å². The molecule has 0 radical (unpaired) electrons. The number of ketones is 2. The van der Waals surface area contributed by atoms with Gasteiger partial charge in [-0.15, -0.1) is 0 Å². The quantitative estimate of drug-likeness (QED) is 0.643. The lowest BCUT2D eigenvalue weighted by Crippen LogP contribution is -2.31. The molecular weight excluding hydrogens is 212 g/mol. The van der Waals surface area contributed by atoms with Crippen molar-refractivity contribution in [3.63, 3.8) is 0 Å². The molecular formula is C15H20O2. The third-order valence-corrected chi connectivity index (χ3v) is 5.14. The summed E-state index contributed by atoms with van der Waals surface area (Å²) in [5.74, 6) is 1.17. The molecule has 2 nitrogen and oxygen atoms in total. The molecule has 2 heteroatoms. The molecule has 0 amide bonds. The molecule has 0 heterocycles. The Hall–Kier alpha value is -0.920. The van der Waals surface area contributed by atoms with Gasteiger partial charge in [0, 0.05) is 17.8 Å². The first kappa shape index (κ1) is 11.2. The number of Topliss-reactive ketones (excluding diaryl/α,β-unsaturated/α-hetero) is 1. The molecule has 0 aromatic carbocycles. The molecule has 0 aromatic rings. The molecule has 3 atom stereocenters. The van der Waals surface area contributed by atoms with Crippen molar-refractivity contribution in [1.29, 1.82) is 0 Å². The molecule has 3 aliphatic carbocycles. The lowest BCUT2D eigenvalue weighted by Gasteiger charge is -2.31.